The molecule has 1 aromatic rings. The van der Waals surface area contributed by atoms with E-state index in [9.17, 15) is 9.90 Å². The molecule has 0 amide bonds. The fourth-order valence-electron chi connectivity index (χ4n) is 2.21. The Morgan fingerprint density at radius 1 is 1.41 bits per heavy atom. The maximum absolute atomic E-state index is 11.2. The summed E-state index contributed by atoms with van der Waals surface area (Å²) in [5, 5.41) is 9.19. The molecule has 4 nitrogen and oxygen atoms in total. The van der Waals surface area contributed by atoms with E-state index in [0.29, 0.717) is 19.6 Å². The Morgan fingerprint density at radius 2 is 2.12 bits per heavy atom. The molecular formula is C13H16O4. The van der Waals surface area contributed by atoms with Crippen LogP contribution in [-0.2, 0) is 9.53 Å². The van der Waals surface area contributed by atoms with E-state index in [1.807, 2.05) is 24.3 Å². The lowest BCUT2D eigenvalue weighted by Crippen LogP contribution is -2.31. The van der Waals surface area contributed by atoms with Gasteiger partial charge in [-0.05, 0) is 24.1 Å². The highest BCUT2D eigenvalue weighted by molar-refractivity contribution is 5.71. The first-order valence-corrected chi connectivity index (χ1v) is 5.67. The van der Waals surface area contributed by atoms with Crippen LogP contribution in [0.4, 0.5) is 0 Å². The number of rotatable bonds is 3. The van der Waals surface area contributed by atoms with Gasteiger partial charge in [0.2, 0.25) is 0 Å². The van der Waals surface area contributed by atoms with Crippen molar-refractivity contribution in [3.63, 3.8) is 0 Å². The normalized spacial score (nSPS) is 24.3. The van der Waals surface area contributed by atoms with Gasteiger partial charge in [0.15, 0.2) is 0 Å². The van der Waals surface area contributed by atoms with Gasteiger partial charge < -0.3 is 14.6 Å². The van der Waals surface area contributed by atoms with Crippen LogP contribution in [-0.4, -0.2) is 31.4 Å². The first kappa shape index (κ1) is 11.9. The second-order valence-corrected chi connectivity index (χ2v) is 4.19. The maximum Gasteiger partial charge on any atom is 0.307 e. The van der Waals surface area contributed by atoms with E-state index < -0.39 is 5.97 Å². The molecular weight excluding hydrogens is 220 g/mol. The predicted octanol–water partition coefficient (Wildman–Crippen LogP) is 1.90. The largest absolute Gasteiger partial charge is 0.497 e. The second-order valence-electron chi connectivity index (χ2n) is 4.19. The molecule has 1 saturated heterocycles. The number of carboxylic acid groups (broad SMARTS) is 1. The van der Waals surface area contributed by atoms with Crippen molar-refractivity contribution in [3.8, 4) is 5.75 Å². The zero-order valence-corrected chi connectivity index (χ0v) is 9.76. The van der Waals surface area contributed by atoms with Gasteiger partial charge in [0.1, 0.15) is 5.75 Å². The summed E-state index contributed by atoms with van der Waals surface area (Å²) in [5.74, 6) is -0.379. The lowest BCUT2D eigenvalue weighted by Gasteiger charge is -2.29. The van der Waals surface area contributed by atoms with Crippen LogP contribution in [0.5, 0.6) is 5.75 Å². The van der Waals surface area contributed by atoms with Gasteiger partial charge in [0.05, 0.1) is 19.6 Å². The van der Waals surface area contributed by atoms with Gasteiger partial charge in [-0.25, -0.2) is 0 Å². The van der Waals surface area contributed by atoms with Crippen LogP contribution >= 0.6 is 0 Å². The van der Waals surface area contributed by atoms with Crippen LogP contribution < -0.4 is 4.74 Å². The number of aliphatic carboxylic acids is 1. The number of carbonyl (C=O) groups is 1. The Hall–Kier alpha value is -1.55. The molecule has 2 rings (SSSR count). The number of methoxy groups -OCH3 is 1. The molecule has 1 fully saturated rings. The summed E-state index contributed by atoms with van der Waals surface area (Å²) in [6.07, 6.45) is 0.575. The van der Waals surface area contributed by atoms with Gasteiger partial charge in [-0.2, -0.15) is 0 Å². The Balaban J connectivity index is 2.20. The first-order chi connectivity index (χ1) is 8.22. The van der Waals surface area contributed by atoms with Crippen LogP contribution in [0.15, 0.2) is 24.3 Å². The van der Waals surface area contributed by atoms with E-state index in [1.54, 1.807) is 7.11 Å². The molecule has 1 heterocycles. The Bertz CT molecular complexity index is 385. The third-order valence-corrected chi connectivity index (χ3v) is 3.22. The van der Waals surface area contributed by atoms with Crippen molar-refractivity contribution in [3.05, 3.63) is 29.8 Å². The number of hydrogen-bond acceptors (Lipinski definition) is 3. The van der Waals surface area contributed by atoms with Gasteiger partial charge >= 0.3 is 5.97 Å². The molecule has 17 heavy (non-hydrogen) atoms. The molecule has 1 aliphatic rings. The van der Waals surface area contributed by atoms with Crippen molar-refractivity contribution >= 4 is 5.97 Å². The van der Waals surface area contributed by atoms with E-state index in [1.165, 1.54) is 0 Å². The average molecular weight is 236 g/mol. The molecule has 0 aromatic heterocycles. The SMILES string of the molecule is COc1ccc(C2COCCC2C(=O)O)cc1. The van der Waals surface area contributed by atoms with E-state index >= 15 is 0 Å². The van der Waals surface area contributed by atoms with Gasteiger partial charge in [0.25, 0.3) is 0 Å². The summed E-state index contributed by atoms with van der Waals surface area (Å²) < 4.78 is 10.5. The van der Waals surface area contributed by atoms with E-state index in [-0.39, 0.29) is 11.8 Å². The Labute approximate surface area is 100 Å². The number of ether oxygens (including phenoxy) is 2. The van der Waals surface area contributed by atoms with Gasteiger partial charge in [-0.1, -0.05) is 12.1 Å². The fourth-order valence-corrected chi connectivity index (χ4v) is 2.21. The van der Waals surface area contributed by atoms with Crippen molar-refractivity contribution in [2.45, 2.75) is 12.3 Å². The summed E-state index contributed by atoms with van der Waals surface area (Å²) in [6.45, 7) is 1.01. The molecule has 0 radical (unpaired) electrons. The molecule has 0 aliphatic carbocycles. The maximum atomic E-state index is 11.2. The molecule has 1 aromatic carbocycles. The quantitative estimate of drug-likeness (QED) is 0.870. The van der Waals surface area contributed by atoms with E-state index in [4.69, 9.17) is 9.47 Å². The zero-order chi connectivity index (χ0) is 12.3. The van der Waals surface area contributed by atoms with E-state index in [0.717, 1.165) is 11.3 Å². The molecule has 0 bridgehead atoms. The van der Waals surface area contributed by atoms with Crippen LogP contribution in [0, 0.1) is 5.92 Å². The molecule has 2 atom stereocenters. The number of hydrogen-bond donors (Lipinski definition) is 1. The van der Waals surface area contributed by atoms with Gasteiger partial charge in [-0.15, -0.1) is 0 Å². The predicted molar refractivity (Wildman–Crippen MR) is 62.3 cm³/mol. The number of carboxylic acids is 1. The van der Waals surface area contributed by atoms with Crippen molar-refractivity contribution < 1.29 is 19.4 Å². The highest BCUT2D eigenvalue weighted by Crippen LogP contribution is 2.32. The van der Waals surface area contributed by atoms with Crippen LogP contribution in [0.2, 0.25) is 0 Å². The minimum absolute atomic E-state index is 0.0628. The van der Waals surface area contributed by atoms with E-state index in [2.05, 4.69) is 0 Å². The lowest BCUT2D eigenvalue weighted by atomic mass is 9.83. The topological polar surface area (TPSA) is 55.8 Å². The third kappa shape index (κ3) is 2.58. The average Bonchev–Trinajstić information content (AvgIpc) is 2.39. The highest BCUT2D eigenvalue weighted by Gasteiger charge is 2.32. The summed E-state index contributed by atoms with van der Waals surface area (Å²) >= 11 is 0. The summed E-state index contributed by atoms with van der Waals surface area (Å²) in [4.78, 5) is 11.2. The third-order valence-electron chi connectivity index (χ3n) is 3.22. The first-order valence-electron chi connectivity index (χ1n) is 5.67. The zero-order valence-electron chi connectivity index (χ0n) is 9.76. The summed E-state index contributed by atoms with van der Waals surface area (Å²) in [5.41, 5.74) is 0.998. The standard InChI is InChI=1S/C13H16O4/c1-16-10-4-2-9(3-5-10)12-8-17-7-6-11(12)13(14)15/h2-5,11-12H,6-8H2,1H3,(H,14,15). The highest BCUT2D eigenvalue weighted by atomic mass is 16.5. The summed E-state index contributed by atoms with van der Waals surface area (Å²) in [6, 6.07) is 7.52. The molecule has 1 aliphatic heterocycles. The van der Waals surface area contributed by atoms with Crippen molar-refractivity contribution in [1.29, 1.82) is 0 Å². The smallest absolute Gasteiger partial charge is 0.307 e. The minimum atomic E-state index is -0.742. The molecule has 92 valence electrons. The Morgan fingerprint density at radius 3 is 2.71 bits per heavy atom. The summed E-state index contributed by atoms with van der Waals surface area (Å²) in [7, 11) is 1.61. The van der Waals surface area contributed by atoms with Crippen molar-refractivity contribution in [2.75, 3.05) is 20.3 Å². The molecule has 0 spiro atoms. The minimum Gasteiger partial charge on any atom is -0.497 e. The number of benzene rings is 1. The van der Waals surface area contributed by atoms with Crippen molar-refractivity contribution in [2.24, 2.45) is 5.92 Å². The molecule has 4 heteroatoms. The van der Waals surface area contributed by atoms with Crippen LogP contribution in [0.25, 0.3) is 0 Å². The molecule has 0 saturated carbocycles. The monoisotopic (exact) mass is 236 g/mol. The fraction of sp³-hybridized carbons (Fsp3) is 0.462. The Kier molecular flexibility index (Phi) is 3.64. The van der Waals surface area contributed by atoms with Crippen LogP contribution in [0.3, 0.4) is 0 Å². The van der Waals surface area contributed by atoms with Gasteiger partial charge in [0, 0.05) is 12.5 Å². The lowest BCUT2D eigenvalue weighted by molar-refractivity contribution is -0.146. The van der Waals surface area contributed by atoms with Crippen LogP contribution in [0.1, 0.15) is 17.9 Å². The van der Waals surface area contributed by atoms with Crippen molar-refractivity contribution in [1.82, 2.24) is 0 Å². The second kappa shape index (κ2) is 5.19. The molecule has 1 N–H and O–H groups in total. The van der Waals surface area contributed by atoms with Gasteiger partial charge in [-0.3, -0.25) is 4.79 Å². The molecule has 2 unspecified atom stereocenters.